The van der Waals surface area contributed by atoms with Crippen LogP contribution in [0.25, 0.3) is 11.6 Å². The van der Waals surface area contributed by atoms with Gasteiger partial charge in [0.05, 0.1) is 12.8 Å². The van der Waals surface area contributed by atoms with E-state index in [0.717, 1.165) is 37.7 Å². The average Bonchev–Trinajstić information content (AvgIpc) is 3.44. The Morgan fingerprint density at radius 3 is 2.90 bits per heavy atom. The summed E-state index contributed by atoms with van der Waals surface area (Å²) in [5.74, 6) is 2.68. The predicted octanol–water partition coefficient (Wildman–Crippen LogP) is 3.02. The highest BCUT2D eigenvalue weighted by Crippen LogP contribution is 2.19. The first-order valence-electron chi connectivity index (χ1n) is 9.54. The van der Waals surface area contributed by atoms with Crippen LogP contribution >= 0.6 is 24.0 Å². The monoisotopic (exact) mass is 507 g/mol. The smallest absolute Gasteiger partial charge is 0.216 e. The molecule has 0 spiro atoms. The molecule has 0 bridgehead atoms. The number of anilines is 1. The fourth-order valence-corrected chi connectivity index (χ4v) is 3.41. The first-order valence-corrected chi connectivity index (χ1v) is 9.54. The largest absolute Gasteiger partial charge is 0.461 e. The lowest BCUT2D eigenvalue weighted by atomic mass is 10.1. The summed E-state index contributed by atoms with van der Waals surface area (Å²) in [5.41, 5.74) is 1.27. The Morgan fingerprint density at radius 1 is 1.28 bits per heavy atom. The van der Waals surface area contributed by atoms with E-state index in [0.29, 0.717) is 24.2 Å². The number of hydrogen-bond donors (Lipinski definition) is 3. The average molecular weight is 507 g/mol. The van der Waals surface area contributed by atoms with E-state index in [-0.39, 0.29) is 24.0 Å². The molecule has 154 valence electrons. The lowest BCUT2D eigenvalue weighted by molar-refractivity contribution is 0.467. The van der Waals surface area contributed by atoms with Gasteiger partial charge < -0.3 is 20.0 Å². The molecule has 9 heteroatoms. The second kappa shape index (κ2) is 10.3. The van der Waals surface area contributed by atoms with Gasteiger partial charge in [0.25, 0.3) is 0 Å². The van der Waals surface area contributed by atoms with Gasteiger partial charge in [-0.25, -0.2) is 4.98 Å². The number of nitrogens with zero attached hydrogens (tertiary/aromatic N) is 4. The highest BCUT2D eigenvalue weighted by Gasteiger charge is 2.21. The van der Waals surface area contributed by atoms with E-state index in [9.17, 15) is 0 Å². The van der Waals surface area contributed by atoms with Gasteiger partial charge in [0.2, 0.25) is 5.82 Å². The van der Waals surface area contributed by atoms with E-state index in [2.05, 4.69) is 66.0 Å². The van der Waals surface area contributed by atoms with Crippen LogP contribution < -0.4 is 15.5 Å². The summed E-state index contributed by atoms with van der Waals surface area (Å²) in [6.07, 6.45) is 3.88. The van der Waals surface area contributed by atoms with Gasteiger partial charge in [0.1, 0.15) is 5.82 Å². The molecule has 0 amide bonds. The van der Waals surface area contributed by atoms with Gasteiger partial charge in [0.15, 0.2) is 11.7 Å². The van der Waals surface area contributed by atoms with Crippen LogP contribution in [0.3, 0.4) is 0 Å². The van der Waals surface area contributed by atoms with Crippen molar-refractivity contribution >= 4 is 35.6 Å². The molecule has 1 saturated heterocycles. The Hall–Kier alpha value is -2.56. The third-order valence-electron chi connectivity index (χ3n) is 4.80. The number of piperidine rings is 1. The number of H-pyrrole nitrogens is 1. The summed E-state index contributed by atoms with van der Waals surface area (Å²) in [6, 6.07) is 14.5. The Bertz CT molecular complexity index is 895. The van der Waals surface area contributed by atoms with Gasteiger partial charge in [-0.2, -0.15) is 0 Å². The van der Waals surface area contributed by atoms with Crippen LogP contribution in [-0.4, -0.2) is 47.3 Å². The summed E-state index contributed by atoms with van der Waals surface area (Å²) >= 11 is 0. The zero-order valence-electron chi connectivity index (χ0n) is 16.3. The zero-order chi connectivity index (χ0) is 19.2. The van der Waals surface area contributed by atoms with Gasteiger partial charge in [0, 0.05) is 31.9 Å². The van der Waals surface area contributed by atoms with Crippen LogP contribution in [0.2, 0.25) is 0 Å². The number of guanidine groups is 1. The quantitative estimate of drug-likeness (QED) is 0.279. The van der Waals surface area contributed by atoms with Gasteiger partial charge in [-0.3, -0.25) is 10.1 Å². The lowest BCUT2D eigenvalue weighted by Crippen LogP contribution is -2.51. The van der Waals surface area contributed by atoms with Crippen molar-refractivity contribution in [2.24, 2.45) is 4.99 Å². The maximum absolute atomic E-state index is 5.32. The Balaban J connectivity index is 0.00000240. The van der Waals surface area contributed by atoms with Crippen molar-refractivity contribution < 1.29 is 4.42 Å². The van der Waals surface area contributed by atoms with E-state index in [1.807, 2.05) is 12.1 Å². The Labute approximate surface area is 187 Å². The molecule has 0 aliphatic carbocycles. The van der Waals surface area contributed by atoms with E-state index in [1.54, 1.807) is 13.3 Å². The molecule has 3 aromatic rings. The molecular formula is C20H26IN7O. The maximum Gasteiger partial charge on any atom is 0.216 e. The van der Waals surface area contributed by atoms with Gasteiger partial charge in [-0.15, -0.1) is 29.1 Å². The number of aromatic nitrogens is 3. The summed E-state index contributed by atoms with van der Waals surface area (Å²) in [4.78, 5) is 11.2. The molecule has 0 saturated carbocycles. The first-order chi connectivity index (χ1) is 13.8. The molecule has 1 aliphatic rings. The lowest BCUT2D eigenvalue weighted by Gasteiger charge is -2.35. The molecule has 1 fully saturated rings. The van der Waals surface area contributed by atoms with E-state index >= 15 is 0 Å². The molecule has 1 unspecified atom stereocenters. The molecule has 1 atom stereocenters. The molecule has 1 aliphatic heterocycles. The van der Waals surface area contributed by atoms with E-state index < -0.39 is 0 Å². The number of hydrogen-bond acceptors (Lipinski definition) is 5. The third-order valence-corrected chi connectivity index (χ3v) is 4.80. The second-order valence-electron chi connectivity index (χ2n) is 6.77. The van der Waals surface area contributed by atoms with Gasteiger partial charge in [-0.1, -0.05) is 18.2 Å². The minimum atomic E-state index is 0. The fourth-order valence-electron chi connectivity index (χ4n) is 3.41. The summed E-state index contributed by atoms with van der Waals surface area (Å²) in [6.45, 7) is 2.54. The molecule has 0 radical (unpaired) electrons. The normalized spacial score (nSPS) is 16.9. The molecule has 3 N–H and O–H groups in total. The van der Waals surface area contributed by atoms with Crippen LogP contribution in [0.4, 0.5) is 5.69 Å². The van der Waals surface area contributed by atoms with Crippen LogP contribution in [0.5, 0.6) is 0 Å². The van der Waals surface area contributed by atoms with Crippen molar-refractivity contribution in [1.29, 1.82) is 0 Å². The Morgan fingerprint density at radius 2 is 2.14 bits per heavy atom. The van der Waals surface area contributed by atoms with E-state index in [1.165, 1.54) is 5.69 Å². The SMILES string of the molecule is CN=C(NCc1nc(-c2ccco2)n[nH]1)NC1CCCN(c2ccccc2)C1.I. The van der Waals surface area contributed by atoms with Crippen LogP contribution in [0, 0.1) is 0 Å². The molecule has 3 heterocycles. The van der Waals surface area contributed by atoms with Crippen LogP contribution in [0.1, 0.15) is 18.7 Å². The number of para-hydroxylation sites is 1. The standard InChI is InChI=1S/C20H25N7O.HI/c1-21-20(22-13-18-24-19(26-25-18)17-10-6-12-28-17)23-15-7-5-11-27(14-15)16-8-3-2-4-9-16;/h2-4,6,8-10,12,15H,5,7,11,13-14H2,1H3,(H2,21,22,23)(H,24,25,26);1H. The van der Waals surface area contributed by atoms with Crippen molar-refractivity contribution in [2.75, 3.05) is 25.0 Å². The first kappa shape index (κ1) is 21.2. The van der Waals surface area contributed by atoms with Gasteiger partial charge in [-0.05, 0) is 37.1 Å². The molecule has 8 nitrogen and oxygen atoms in total. The molecular weight excluding hydrogens is 481 g/mol. The Kier molecular flexibility index (Phi) is 7.50. The number of benzene rings is 1. The number of halogens is 1. The molecule has 1 aromatic carbocycles. The molecule has 2 aromatic heterocycles. The zero-order valence-corrected chi connectivity index (χ0v) is 18.7. The predicted molar refractivity (Wildman–Crippen MR) is 125 cm³/mol. The summed E-state index contributed by atoms with van der Waals surface area (Å²) in [7, 11) is 1.78. The van der Waals surface area contributed by atoms with Crippen molar-refractivity contribution in [3.63, 3.8) is 0 Å². The van der Waals surface area contributed by atoms with Crippen molar-refractivity contribution in [1.82, 2.24) is 25.8 Å². The van der Waals surface area contributed by atoms with Crippen LogP contribution in [-0.2, 0) is 6.54 Å². The summed E-state index contributed by atoms with van der Waals surface area (Å²) < 4.78 is 5.32. The minimum absolute atomic E-state index is 0. The number of nitrogens with one attached hydrogen (secondary N) is 3. The number of aromatic amines is 1. The highest BCUT2D eigenvalue weighted by atomic mass is 127. The minimum Gasteiger partial charge on any atom is -0.461 e. The number of aliphatic imine (C=N–C) groups is 1. The van der Waals surface area contributed by atoms with Crippen LogP contribution in [0.15, 0.2) is 58.1 Å². The topological polar surface area (TPSA) is 94.4 Å². The van der Waals surface area contributed by atoms with Gasteiger partial charge >= 0.3 is 0 Å². The second-order valence-corrected chi connectivity index (χ2v) is 6.77. The number of rotatable bonds is 5. The van der Waals surface area contributed by atoms with E-state index in [4.69, 9.17) is 4.42 Å². The molecule has 29 heavy (non-hydrogen) atoms. The van der Waals surface area contributed by atoms with Crippen molar-refractivity contribution in [3.8, 4) is 11.6 Å². The number of furan rings is 1. The maximum atomic E-state index is 5.32. The summed E-state index contributed by atoms with van der Waals surface area (Å²) in [5, 5.41) is 13.9. The highest BCUT2D eigenvalue weighted by molar-refractivity contribution is 14.0. The fraction of sp³-hybridized carbons (Fsp3) is 0.350. The third kappa shape index (κ3) is 5.49. The van der Waals surface area contributed by atoms with Crippen molar-refractivity contribution in [3.05, 3.63) is 54.6 Å². The van der Waals surface area contributed by atoms with Crippen molar-refractivity contribution in [2.45, 2.75) is 25.4 Å². The molecule has 4 rings (SSSR count).